The number of hydrogen-bond acceptors (Lipinski definition) is 6. The molecule has 1 N–H and O–H groups in total. The van der Waals surface area contributed by atoms with Crippen LogP contribution in [0.1, 0.15) is 34.8 Å². The number of aromatic nitrogens is 6. The number of pyridine rings is 1. The third-order valence-corrected chi connectivity index (χ3v) is 9.09. The minimum atomic E-state index is -0.285. The van der Waals surface area contributed by atoms with Gasteiger partial charge in [-0.2, -0.15) is 0 Å². The van der Waals surface area contributed by atoms with Gasteiger partial charge in [0.15, 0.2) is 0 Å². The van der Waals surface area contributed by atoms with Crippen molar-refractivity contribution in [3.05, 3.63) is 60.3 Å². The number of anilines is 1. The van der Waals surface area contributed by atoms with Crippen molar-refractivity contribution in [3.8, 4) is 11.6 Å². The van der Waals surface area contributed by atoms with Gasteiger partial charge in [-0.25, -0.2) is 0 Å². The topological polar surface area (TPSA) is 99.2 Å². The average molecular weight is 522 g/mol. The third-order valence-electron chi connectivity index (χ3n) is 5.42. The fourth-order valence-corrected chi connectivity index (χ4v) is 7.64. The van der Waals surface area contributed by atoms with Gasteiger partial charge in [-0.1, -0.05) is 0 Å². The normalized spacial score (nSPS) is 14.6. The molecule has 5 rings (SSSR count). The molecule has 5 heterocycles. The number of ether oxygens (including phenoxy) is 1. The molecular weight excluding hydrogens is 501 g/mol. The van der Waals surface area contributed by atoms with E-state index in [9.17, 15) is 4.79 Å². The van der Waals surface area contributed by atoms with Crippen LogP contribution < -0.4 is 10.1 Å². The molecule has 0 spiro atoms. The predicted octanol–water partition coefficient (Wildman–Crippen LogP) is 2.99. The fraction of sp³-hybridized carbons (Fsp3) is 0.286. The maximum absolute atomic E-state index is 13.1. The van der Waals surface area contributed by atoms with Gasteiger partial charge in [0, 0.05) is 0 Å². The molecule has 10 heteroatoms. The quantitative estimate of drug-likeness (QED) is 0.405. The molecule has 0 saturated carbocycles. The second kappa shape index (κ2) is 8.66. The number of rotatable bonds is 5. The zero-order valence-electron chi connectivity index (χ0n) is 17.0. The second-order valence-corrected chi connectivity index (χ2v) is 11.6. The number of methoxy groups -OCH3 is 1. The molecule has 0 bridgehead atoms. The predicted molar refractivity (Wildman–Crippen MR) is 116 cm³/mol. The van der Waals surface area contributed by atoms with E-state index in [1.54, 1.807) is 41.0 Å². The van der Waals surface area contributed by atoms with E-state index in [0.717, 1.165) is 5.69 Å². The molecule has 4 aromatic heterocycles. The molecule has 4 aromatic rings. The molecule has 0 atom stereocenters. The minimum absolute atomic E-state index is 0.165. The van der Waals surface area contributed by atoms with Crippen molar-refractivity contribution >= 4 is 38.5 Å². The Labute approximate surface area is 189 Å². The average Bonchev–Trinajstić information content (AvgIpc) is 3.44. The van der Waals surface area contributed by atoms with Gasteiger partial charge in [0.25, 0.3) is 0 Å². The van der Waals surface area contributed by atoms with Gasteiger partial charge in [0.05, 0.1) is 0 Å². The number of nitrogens with one attached hydrogen (secondary N) is 1. The Bertz CT molecular complexity index is 1210. The number of nitrogens with zero attached hydrogens (tertiary/aromatic N) is 6. The van der Waals surface area contributed by atoms with E-state index in [-0.39, 0.29) is 27.0 Å². The molecular formula is C21H21N7O2Sn. The Hall–Kier alpha value is -2.95. The zero-order valence-corrected chi connectivity index (χ0v) is 19.9. The van der Waals surface area contributed by atoms with Crippen molar-refractivity contribution in [1.29, 1.82) is 0 Å². The standard InChI is InChI=1S/C21H21N7O2.Sn/c1-4-14(5-2)17-11-19(28(26-17)18-8-7-15(30-3)12-23-18)25-21(29)16-13-24-27-10-6-9-22-20(16)27;/h6-14H,1-2,4-5H2,3H3,(H,25,29);. The van der Waals surface area contributed by atoms with Crippen molar-refractivity contribution < 1.29 is 9.53 Å². The van der Waals surface area contributed by atoms with Crippen LogP contribution in [0.3, 0.4) is 0 Å². The van der Waals surface area contributed by atoms with E-state index in [1.807, 2.05) is 18.2 Å². The summed E-state index contributed by atoms with van der Waals surface area (Å²) in [5.74, 6) is 2.01. The van der Waals surface area contributed by atoms with Crippen LogP contribution in [-0.2, 0) is 0 Å². The van der Waals surface area contributed by atoms with Crippen LogP contribution in [0.4, 0.5) is 5.82 Å². The number of fused-ring (bicyclic) bond motifs is 1. The number of carbonyl (C=O) groups excluding carboxylic acids is 1. The van der Waals surface area contributed by atoms with Gasteiger partial charge in [-0.15, -0.1) is 0 Å². The summed E-state index contributed by atoms with van der Waals surface area (Å²) in [6.45, 7) is 0. The Kier molecular flexibility index (Phi) is 5.58. The second-order valence-electron chi connectivity index (χ2n) is 7.35. The molecule has 156 valence electrons. The van der Waals surface area contributed by atoms with Crippen LogP contribution in [0.5, 0.6) is 5.75 Å². The van der Waals surface area contributed by atoms with E-state index in [2.05, 4.69) is 20.4 Å². The molecule has 31 heavy (non-hydrogen) atoms. The molecule has 1 fully saturated rings. The number of carbonyl (C=O) groups is 1. The van der Waals surface area contributed by atoms with Crippen LogP contribution >= 0.6 is 0 Å². The van der Waals surface area contributed by atoms with Crippen LogP contribution in [0.25, 0.3) is 11.5 Å². The van der Waals surface area contributed by atoms with Crippen LogP contribution in [-0.4, -0.2) is 63.5 Å². The van der Waals surface area contributed by atoms with Crippen molar-refractivity contribution in [3.63, 3.8) is 0 Å². The molecule has 2 radical (unpaired) electrons. The Morgan fingerprint density at radius 3 is 2.87 bits per heavy atom. The summed E-state index contributed by atoms with van der Waals surface area (Å²) in [6.07, 6.45) is 8.94. The first-order valence-corrected chi connectivity index (χ1v) is 14.2. The summed E-state index contributed by atoms with van der Waals surface area (Å²) in [4.78, 5) is 21.8. The monoisotopic (exact) mass is 523 g/mol. The van der Waals surface area contributed by atoms with E-state index in [0.29, 0.717) is 34.5 Å². The first-order valence-electron chi connectivity index (χ1n) is 10.1. The van der Waals surface area contributed by atoms with Crippen LogP contribution in [0.2, 0.25) is 8.87 Å². The van der Waals surface area contributed by atoms with Gasteiger partial charge < -0.3 is 0 Å². The van der Waals surface area contributed by atoms with Crippen LogP contribution in [0.15, 0.2) is 49.1 Å². The maximum atomic E-state index is 13.1. The summed E-state index contributed by atoms with van der Waals surface area (Å²) in [6, 6.07) is 7.41. The Balaban J connectivity index is 1.50. The van der Waals surface area contributed by atoms with E-state index in [4.69, 9.17) is 9.84 Å². The number of amides is 1. The van der Waals surface area contributed by atoms with E-state index >= 15 is 0 Å². The summed E-state index contributed by atoms with van der Waals surface area (Å²) in [5, 5.41) is 12.0. The van der Waals surface area contributed by atoms with Gasteiger partial charge in [0.1, 0.15) is 0 Å². The molecule has 1 saturated heterocycles. The van der Waals surface area contributed by atoms with Crippen molar-refractivity contribution in [2.24, 2.45) is 0 Å². The molecule has 0 unspecified atom stereocenters. The zero-order chi connectivity index (χ0) is 21.2. The van der Waals surface area contributed by atoms with Gasteiger partial charge in [-0.05, 0) is 6.07 Å². The van der Waals surface area contributed by atoms with Gasteiger partial charge in [-0.3, -0.25) is 0 Å². The molecule has 9 nitrogen and oxygen atoms in total. The van der Waals surface area contributed by atoms with Crippen molar-refractivity contribution in [1.82, 2.24) is 29.4 Å². The summed E-state index contributed by atoms with van der Waals surface area (Å²) >= 11 is -0.165. The van der Waals surface area contributed by atoms with Gasteiger partial charge in [0.2, 0.25) is 0 Å². The molecule has 1 aliphatic heterocycles. The van der Waals surface area contributed by atoms with Crippen molar-refractivity contribution in [2.45, 2.75) is 27.6 Å². The first kappa shape index (κ1) is 20.0. The third kappa shape index (κ3) is 4.01. The van der Waals surface area contributed by atoms with E-state index in [1.165, 1.54) is 27.9 Å². The SMILES string of the molecule is COc1ccc(-n2nc(C3C[CH2][Sn][CH2]C3)cc2NC(=O)c2cnn3cccnc23)nc1. The Morgan fingerprint density at radius 2 is 2.10 bits per heavy atom. The summed E-state index contributed by atoms with van der Waals surface area (Å²) in [5.41, 5.74) is 1.92. The number of hydrogen-bond donors (Lipinski definition) is 1. The van der Waals surface area contributed by atoms with Gasteiger partial charge >= 0.3 is 183 Å². The molecule has 1 amide bonds. The summed E-state index contributed by atoms with van der Waals surface area (Å²) < 4.78 is 11.2. The summed E-state index contributed by atoms with van der Waals surface area (Å²) in [7, 11) is 1.60. The van der Waals surface area contributed by atoms with Crippen molar-refractivity contribution in [2.75, 3.05) is 12.4 Å². The van der Waals surface area contributed by atoms with E-state index < -0.39 is 0 Å². The molecule has 1 aliphatic rings. The molecule has 0 aromatic carbocycles. The molecule has 0 aliphatic carbocycles. The Morgan fingerprint density at radius 1 is 1.23 bits per heavy atom. The fourth-order valence-electron chi connectivity index (χ4n) is 3.77. The first-order chi connectivity index (χ1) is 15.2. The van der Waals surface area contributed by atoms with Crippen LogP contribution in [0, 0.1) is 0 Å².